The summed E-state index contributed by atoms with van der Waals surface area (Å²) in [5.74, 6) is 1.67. The smallest absolute Gasteiger partial charge is 0.191 e. The van der Waals surface area contributed by atoms with E-state index in [1.165, 1.54) is 5.56 Å². The zero-order valence-electron chi connectivity index (χ0n) is 19.2. The summed E-state index contributed by atoms with van der Waals surface area (Å²) in [5.41, 5.74) is 4.36. The third kappa shape index (κ3) is 7.20. The highest BCUT2D eigenvalue weighted by atomic mass is 127. The third-order valence-electron chi connectivity index (χ3n) is 5.27. The van der Waals surface area contributed by atoms with E-state index < -0.39 is 0 Å². The number of hydrogen-bond acceptors (Lipinski definition) is 4. The Kier molecular flexibility index (Phi) is 9.56. The van der Waals surface area contributed by atoms with Gasteiger partial charge in [0.05, 0.1) is 31.6 Å². The summed E-state index contributed by atoms with van der Waals surface area (Å²) < 4.78 is 13.5. The molecule has 1 atom stereocenters. The molecule has 0 bridgehead atoms. The van der Waals surface area contributed by atoms with Crippen molar-refractivity contribution in [3.05, 3.63) is 77.6 Å². The van der Waals surface area contributed by atoms with Crippen molar-refractivity contribution in [1.29, 1.82) is 0 Å². The van der Waals surface area contributed by atoms with Crippen molar-refractivity contribution in [3.8, 4) is 11.4 Å². The van der Waals surface area contributed by atoms with Gasteiger partial charge in [-0.1, -0.05) is 30.3 Å². The Morgan fingerprint density at radius 2 is 2.06 bits per heavy atom. The fourth-order valence-electron chi connectivity index (χ4n) is 3.56. The molecule has 1 unspecified atom stereocenters. The number of benzene rings is 2. The minimum absolute atomic E-state index is 0. The Morgan fingerprint density at radius 1 is 1.21 bits per heavy atom. The van der Waals surface area contributed by atoms with E-state index in [0.29, 0.717) is 19.7 Å². The van der Waals surface area contributed by atoms with Gasteiger partial charge >= 0.3 is 0 Å². The number of aliphatic imine (C=N–C) groups is 1. The maximum Gasteiger partial charge on any atom is 0.191 e. The number of hydrogen-bond donors (Lipinski definition) is 2. The molecule has 4 rings (SSSR count). The molecule has 1 aliphatic heterocycles. The largest absolute Gasteiger partial charge is 0.488 e. The lowest BCUT2D eigenvalue weighted by molar-refractivity contribution is 0.140. The van der Waals surface area contributed by atoms with Gasteiger partial charge < -0.3 is 20.1 Å². The van der Waals surface area contributed by atoms with Crippen LogP contribution in [0, 0.1) is 6.92 Å². The van der Waals surface area contributed by atoms with Crippen molar-refractivity contribution in [3.63, 3.8) is 0 Å². The lowest BCUT2D eigenvalue weighted by Gasteiger charge is -2.18. The molecule has 1 saturated heterocycles. The SMILES string of the molecule is CCNC(=NCc1cnn(-c2ccccc2)c1)NCc1ccc(C)cc1OC1CCOC1.I. The third-order valence-corrected chi connectivity index (χ3v) is 5.27. The molecule has 3 aromatic rings. The number of para-hydroxylation sites is 1. The second kappa shape index (κ2) is 12.6. The summed E-state index contributed by atoms with van der Waals surface area (Å²) in [4.78, 5) is 4.74. The van der Waals surface area contributed by atoms with Crippen molar-refractivity contribution >= 4 is 29.9 Å². The topological polar surface area (TPSA) is 72.7 Å². The summed E-state index contributed by atoms with van der Waals surface area (Å²) >= 11 is 0. The molecule has 0 aliphatic carbocycles. The molecule has 2 heterocycles. The van der Waals surface area contributed by atoms with Crippen molar-refractivity contribution in [2.45, 2.75) is 39.5 Å². The average molecular weight is 561 g/mol. The maximum atomic E-state index is 6.22. The number of guanidine groups is 1. The summed E-state index contributed by atoms with van der Waals surface area (Å²) in [7, 11) is 0. The molecular formula is C25H32IN5O2. The van der Waals surface area contributed by atoms with E-state index in [0.717, 1.165) is 48.1 Å². The monoisotopic (exact) mass is 561 g/mol. The van der Waals surface area contributed by atoms with Crippen LogP contribution in [0.3, 0.4) is 0 Å². The molecule has 0 amide bonds. The van der Waals surface area contributed by atoms with Gasteiger partial charge in [-0.05, 0) is 37.6 Å². The fourth-order valence-corrected chi connectivity index (χ4v) is 3.56. The number of ether oxygens (including phenoxy) is 2. The Bertz CT molecular complexity index is 1030. The van der Waals surface area contributed by atoms with Crippen molar-refractivity contribution < 1.29 is 9.47 Å². The number of rotatable bonds is 8. The molecule has 176 valence electrons. The standard InChI is InChI=1S/C25H31N5O2.HI/c1-3-26-25(27-14-20-15-29-30(17-20)22-7-5-4-6-8-22)28-16-21-10-9-19(2)13-24(21)32-23-11-12-31-18-23;/h4-10,13,15,17,23H,3,11-12,14,16,18H2,1-2H3,(H2,26,27,28);1H. The quantitative estimate of drug-likeness (QED) is 0.245. The molecule has 2 aromatic carbocycles. The molecule has 0 spiro atoms. The number of aryl methyl sites for hydroxylation is 1. The summed E-state index contributed by atoms with van der Waals surface area (Å²) in [6.07, 6.45) is 4.92. The summed E-state index contributed by atoms with van der Waals surface area (Å²) in [5, 5.41) is 11.2. The highest BCUT2D eigenvalue weighted by Gasteiger charge is 2.18. The Hall–Kier alpha value is -2.59. The first-order valence-electron chi connectivity index (χ1n) is 11.2. The fraction of sp³-hybridized carbons (Fsp3) is 0.360. The van der Waals surface area contributed by atoms with E-state index in [-0.39, 0.29) is 30.1 Å². The van der Waals surface area contributed by atoms with E-state index in [2.05, 4.69) is 47.8 Å². The average Bonchev–Trinajstić information content (AvgIpc) is 3.50. The molecule has 8 heteroatoms. The predicted molar refractivity (Wildman–Crippen MR) is 142 cm³/mol. The van der Waals surface area contributed by atoms with Crippen LogP contribution in [0.5, 0.6) is 5.75 Å². The lowest BCUT2D eigenvalue weighted by Crippen LogP contribution is -2.37. The molecule has 33 heavy (non-hydrogen) atoms. The van der Waals surface area contributed by atoms with E-state index >= 15 is 0 Å². The van der Waals surface area contributed by atoms with Gasteiger partial charge in [0.15, 0.2) is 5.96 Å². The van der Waals surface area contributed by atoms with Gasteiger partial charge in [0.2, 0.25) is 0 Å². The van der Waals surface area contributed by atoms with Crippen LogP contribution in [0.25, 0.3) is 5.69 Å². The molecule has 0 saturated carbocycles. The predicted octanol–water partition coefficient (Wildman–Crippen LogP) is 4.22. The minimum Gasteiger partial charge on any atom is -0.488 e. The van der Waals surface area contributed by atoms with Crippen LogP contribution in [0.1, 0.15) is 30.0 Å². The number of aromatic nitrogens is 2. The first-order chi connectivity index (χ1) is 15.7. The lowest BCUT2D eigenvalue weighted by atomic mass is 10.1. The van der Waals surface area contributed by atoms with Gasteiger partial charge in [-0.2, -0.15) is 5.10 Å². The molecule has 1 aromatic heterocycles. The van der Waals surface area contributed by atoms with E-state index in [9.17, 15) is 0 Å². The highest BCUT2D eigenvalue weighted by molar-refractivity contribution is 14.0. The maximum absolute atomic E-state index is 6.22. The van der Waals surface area contributed by atoms with Crippen molar-refractivity contribution in [2.24, 2.45) is 4.99 Å². The normalized spacial score (nSPS) is 15.7. The second-order valence-electron chi connectivity index (χ2n) is 7.89. The van der Waals surface area contributed by atoms with Gasteiger partial charge in [-0.3, -0.25) is 0 Å². The van der Waals surface area contributed by atoms with Gasteiger partial charge in [-0.25, -0.2) is 9.67 Å². The van der Waals surface area contributed by atoms with Crippen LogP contribution in [-0.4, -0.2) is 41.6 Å². The first-order valence-corrected chi connectivity index (χ1v) is 11.2. The highest BCUT2D eigenvalue weighted by Crippen LogP contribution is 2.23. The first kappa shape index (κ1) is 25.0. The molecule has 7 nitrogen and oxygen atoms in total. The molecular weight excluding hydrogens is 529 g/mol. The summed E-state index contributed by atoms with van der Waals surface area (Å²) in [6.45, 7) is 7.51. The van der Waals surface area contributed by atoms with Gasteiger partial charge in [-0.15, -0.1) is 24.0 Å². The van der Waals surface area contributed by atoms with Gasteiger partial charge in [0.25, 0.3) is 0 Å². The van der Waals surface area contributed by atoms with Crippen molar-refractivity contribution in [1.82, 2.24) is 20.4 Å². The van der Waals surface area contributed by atoms with Crippen LogP contribution in [0.2, 0.25) is 0 Å². The number of nitrogens with zero attached hydrogens (tertiary/aromatic N) is 3. The zero-order chi connectivity index (χ0) is 22.2. The molecule has 2 N–H and O–H groups in total. The van der Waals surface area contributed by atoms with Crippen LogP contribution < -0.4 is 15.4 Å². The van der Waals surface area contributed by atoms with Crippen LogP contribution in [0.15, 0.2) is 65.9 Å². The Morgan fingerprint density at radius 3 is 2.82 bits per heavy atom. The number of nitrogens with one attached hydrogen (secondary N) is 2. The van der Waals surface area contributed by atoms with Gasteiger partial charge in [0, 0.05) is 36.8 Å². The van der Waals surface area contributed by atoms with Gasteiger partial charge in [0.1, 0.15) is 11.9 Å². The second-order valence-corrected chi connectivity index (χ2v) is 7.89. The Labute approximate surface area is 212 Å². The summed E-state index contributed by atoms with van der Waals surface area (Å²) in [6, 6.07) is 16.4. The van der Waals surface area contributed by atoms with Crippen LogP contribution in [0.4, 0.5) is 0 Å². The molecule has 1 aliphatic rings. The molecule has 1 fully saturated rings. The minimum atomic E-state index is 0. The van der Waals surface area contributed by atoms with E-state index in [1.807, 2.05) is 47.4 Å². The van der Waals surface area contributed by atoms with Crippen molar-refractivity contribution in [2.75, 3.05) is 19.8 Å². The number of halogens is 1. The van der Waals surface area contributed by atoms with Crippen LogP contribution >= 0.6 is 24.0 Å². The Balaban J connectivity index is 0.00000306. The van der Waals surface area contributed by atoms with Crippen LogP contribution in [-0.2, 0) is 17.8 Å². The zero-order valence-corrected chi connectivity index (χ0v) is 21.5. The van der Waals surface area contributed by atoms with E-state index in [4.69, 9.17) is 14.5 Å². The molecule has 0 radical (unpaired) electrons. The van der Waals surface area contributed by atoms with E-state index in [1.54, 1.807) is 0 Å².